The van der Waals surface area contributed by atoms with Crippen molar-refractivity contribution in [1.29, 1.82) is 0 Å². The summed E-state index contributed by atoms with van der Waals surface area (Å²) < 4.78 is 15.5. The smallest absolute Gasteiger partial charge is 0.404 e. The third-order valence-electron chi connectivity index (χ3n) is 3.77. The van der Waals surface area contributed by atoms with Crippen LogP contribution < -0.4 is 11.1 Å². The monoisotopic (exact) mass is 332 g/mol. The SMILES string of the molecule is Cc1nn(C/C(F)=C/CNC(=O)O)c(C)c1Cc1ccc(N)cc1. The third-order valence-corrected chi connectivity index (χ3v) is 3.77. The number of amides is 1. The molecule has 0 radical (unpaired) electrons. The van der Waals surface area contributed by atoms with Crippen LogP contribution in [0, 0.1) is 13.8 Å². The molecule has 0 spiro atoms. The first kappa shape index (κ1) is 17.5. The molecule has 7 heteroatoms. The number of nitrogens with two attached hydrogens (primary N) is 1. The van der Waals surface area contributed by atoms with Crippen molar-refractivity contribution in [3.05, 3.63) is 58.7 Å². The molecule has 2 aromatic rings. The molecule has 0 bridgehead atoms. The molecule has 1 aromatic heterocycles. The quantitative estimate of drug-likeness (QED) is 0.709. The molecule has 128 valence electrons. The summed E-state index contributed by atoms with van der Waals surface area (Å²) in [4.78, 5) is 10.3. The van der Waals surface area contributed by atoms with Crippen LogP contribution in [-0.4, -0.2) is 27.5 Å². The van der Waals surface area contributed by atoms with Gasteiger partial charge in [0.25, 0.3) is 0 Å². The fourth-order valence-electron chi connectivity index (χ4n) is 2.44. The van der Waals surface area contributed by atoms with Crippen molar-refractivity contribution < 1.29 is 14.3 Å². The van der Waals surface area contributed by atoms with Crippen LogP contribution in [-0.2, 0) is 13.0 Å². The molecule has 6 nitrogen and oxygen atoms in total. The minimum Gasteiger partial charge on any atom is -0.465 e. The number of benzene rings is 1. The molecule has 0 saturated heterocycles. The highest BCUT2D eigenvalue weighted by Gasteiger charge is 2.13. The topological polar surface area (TPSA) is 93.2 Å². The number of halogens is 1. The molecule has 1 amide bonds. The van der Waals surface area contributed by atoms with Gasteiger partial charge in [-0.15, -0.1) is 0 Å². The van der Waals surface area contributed by atoms with Crippen molar-refractivity contribution in [1.82, 2.24) is 15.1 Å². The van der Waals surface area contributed by atoms with Gasteiger partial charge in [0.1, 0.15) is 5.83 Å². The first-order chi connectivity index (χ1) is 11.4. The summed E-state index contributed by atoms with van der Waals surface area (Å²) in [5, 5.41) is 14.9. The van der Waals surface area contributed by atoms with Gasteiger partial charge < -0.3 is 16.2 Å². The number of hydrogen-bond donors (Lipinski definition) is 3. The second-order valence-corrected chi connectivity index (χ2v) is 5.56. The number of aryl methyl sites for hydroxylation is 1. The van der Waals surface area contributed by atoms with Crippen LogP contribution in [0.2, 0.25) is 0 Å². The van der Waals surface area contributed by atoms with Crippen LogP contribution in [0.5, 0.6) is 0 Å². The average molecular weight is 332 g/mol. The van der Waals surface area contributed by atoms with Crippen molar-refractivity contribution in [2.24, 2.45) is 0 Å². The number of nitrogen functional groups attached to an aromatic ring is 1. The van der Waals surface area contributed by atoms with Gasteiger partial charge in [0.05, 0.1) is 12.2 Å². The van der Waals surface area contributed by atoms with E-state index in [0.29, 0.717) is 12.1 Å². The maximum atomic E-state index is 13.9. The molecule has 0 saturated carbocycles. The van der Waals surface area contributed by atoms with E-state index in [9.17, 15) is 9.18 Å². The normalized spacial score (nSPS) is 11.5. The highest BCUT2D eigenvalue weighted by molar-refractivity contribution is 5.64. The zero-order chi connectivity index (χ0) is 17.7. The molecule has 0 fully saturated rings. The Labute approximate surface area is 139 Å². The average Bonchev–Trinajstić information content (AvgIpc) is 2.76. The lowest BCUT2D eigenvalue weighted by atomic mass is 10.0. The van der Waals surface area contributed by atoms with E-state index in [4.69, 9.17) is 10.8 Å². The Morgan fingerprint density at radius 2 is 2.04 bits per heavy atom. The molecule has 0 unspecified atom stereocenters. The standard InChI is InChI=1S/C17H21FN4O2/c1-11-16(9-13-3-5-15(19)6-4-13)12(2)22(21-11)10-14(18)7-8-20-17(23)24/h3-7,20H,8-10,19H2,1-2H3,(H,23,24)/b14-7-. The largest absolute Gasteiger partial charge is 0.465 e. The minimum atomic E-state index is -1.18. The van der Waals surface area contributed by atoms with E-state index < -0.39 is 11.9 Å². The number of allylic oxidation sites excluding steroid dienone is 1. The van der Waals surface area contributed by atoms with Gasteiger partial charge in [-0.05, 0) is 37.6 Å². The van der Waals surface area contributed by atoms with E-state index in [-0.39, 0.29) is 13.1 Å². The van der Waals surface area contributed by atoms with Gasteiger partial charge in [0.2, 0.25) is 0 Å². The van der Waals surface area contributed by atoms with Gasteiger partial charge in [-0.3, -0.25) is 4.68 Å². The number of rotatable bonds is 6. The molecule has 0 aliphatic heterocycles. The fourth-order valence-corrected chi connectivity index (χ4v) is 2.44. The maximum Gasteiger partial charge on any atom is 0.404 e. The Kier molecular flexibility index (Phi) is 5.57. The molecule has 4 N–H and O–H groups in total. The zero-order valence-electron chi connectivity index (χ0n) is 13.7. The molecule has 0 atom stereocenters. The van der Waals surface area contributed by atoms with Crippen molar-refractivity contribution >= 4 is 11.8 Å². The second kappa shape index (κ2) is 7.63. The minimum absolute atomic E-state index is 0.0181. The molecular formula is C17H21FN4O2. The second-order valence-electron chi connectivity index (χ2n) is 5.56. The number of hydrogen-bond acceptors (Lipinski definition) is 3. The third kappa shape index (κ3) is 4.58. The van der Waals surface area contributed by atoms with Gasteiger partial charge in [-0.25, -0.2) is 9.18 Å². The summed E-state index contributed by atoms with van der Waals surface area (Å²) in [5.41, 5.74) is 10.3. The molecule has 2 rings (SSSR count). The number of nitrogens with zero attached hydrogens (tertiary/aromatic N) is 2. The van der Waals surface area contributed by atoms with Crippen LogP contribution in [0.25, 0.3) is 0 Å². The predicted molar refractivity (Wildman–Crippen MR) is 90.6 cm³/mol. The Bertz CT molecular complexity index is 751. The van der Waals surface area contributed by atoms with Gasteiger partial charge in [-0.2, -0.15) is 5.10 Å². The van der Waals surface area contributed by atoms with Crippen molar-refractivity contribution in [3.63, 3.8) is 0 Å². The Balaban J connectivity index is 2.10. The number of nitrogens with one attached hydrogen (secondary N) is 1. The summed E-state index contributed by atoms with van der Waals surface area (Å²) in [6.07, 6.45) is 0.713. The van der Waals surface area contributed by atoms with Crippen LogP contribution >= 0.6 is 0 Å². The lowest BCUT2D eigenvalue weighted by molar-refractivity contribution is 0.195. The molecule has 1 heterocycles. The highest BCUT2D eigenvalue weighted by Crippen LogP contribution is 2.19. The summed E-state index contributed by atoms with van der Waals surface area (Å²) in [6.45, 7) is 3.70. The number of carboxylic acid groups (broad SMARTS) is 1. The number of aromatic nitrogens is 2. The van der Waals surface area contributed by atoms with Crippen LogP contribution in [0.3, 0.4) is 0 Å². The van der Waals surface area contributed by atoms with Gasteiger partial charge in [0.15, 0.2) is 0 Å². The number of carbonyl (C=O) groups is 1. The van der Waals surface area contributed by atoms with Gasteiger partial charge in [0, 0.05) is 29.9 Å². The molecular weight excluding hydrogens is 311 g/mol. The summed E-state index contributed by atoms with van der Waals surface area (Å²) in [6, 6.07) is 7.62. The Morgan fingerprint density at radius 3 is 2.67 bits per heavy atom. The van der Waals surface area contributed by atoms with Gasteiger partial charge in [-0.1, -0.05) is 12.1 Å². The van der Waals surface area contributed by atoms with Gasteiger partial charge >= 0.3 is 6.09 Å². The van der Waals surface area contributed by atoms with Crippen molar-refractivity contribution in [2.45, 2.75) is 26.8 Å². The number of anilines is 1. The van der Waals surface area contributed by atoms with E-state index in [1.165, 1.54) is 6.08 Å². The van der Waals surface area contributed by atoms with E-state index in [1.807, 2.05) is 38.1 Å². The van der Waals surface area contributed by atoms with Crippen molar-refractivity contribution in [3.8, 4) is 0 Å². The first-order valence-corrected chi connectivity index (χ1v) is 7.55. The zero-order valence-corrected chi connectivity index (χ0v) is 13.7. The van der Waals surface area contributed by atoms with E-state index in [2.05, 4.69) is 10.4 Å². The highest BCUT2D eigenvalue weighted by atomic mass is 19.1. The molecule has 0 aliphatic carbocycles. The lowest BCUT2D eigenvalue weighted by Crippen LogP contribution is -2.20. The summed E-state index contributed by atoms with van der Waals surface area (Å²) in [7, 11) is 0. The summed E-state index contributed by atoms with van der Waals surface area (Å²) >= 11 is 0. The van der Waals surface area contributed by atoms with E-state index >= 15 is 0 Å². The first-order valence-electron chi connectivity index (χ1n) is 7.55. The maximum absolute atomic E-state index is 13.9. The Hall–Kier alpha value is -2.83. The fraction of sp³-hybridized carbons (Fsp3) is 0.294. The van der Waals surface area contributed by atoms with Crippen LogP contribution in [0.4, 0.5) is 14.9 Å². The lowest BCUT2D eigenvalue weighted by Gasteiger charge is -2.05. The predicted octanol–water partition coefficient (Wildman–Crippen LogP) is 2.79. The van der Waals surface area contributed by atoms with E-state index in [1.54, 1.807) is 4.68 Å². The molecule has 24 heavy (non-hydrogen) atoms. The van der Waals surface area contributed by atoms with Crippen LogP contribution in [0.15, 0.2) is 36.2 Å². The molecule has 0 aliphatic rings. The van der Waals surface area contributed by atoms with Crippen molar-refractivity contribution in [2.75, 3.05) is 12.3 Å². The summed E-state index contributed by atoms with van der Waals surface area (Å²) in [5.74, 6) is -0.437. The molecule has 1 aromatic carbocycles. The Morgan fingerprint density at radius 1 is 1.38 bits per heavy atom. The van der Waals surface area contributed by atoms with Crippen LogP contribution in [0.1, 0.15) is 22.5 Å². The van der Waals surface area contributed by atoms with E-state index in [0.717, 1.165) is 22.5 Å².